The average Bonchev–Trinajstić information content (AvgIpc) is 3.20. The summed E-state index contributed by atoms with van der Waals surface area (Å²) in [5.41, 5.74) is 0. The van der Waals surface area contributed by atoms with E-state index in [9.17, 15) is 24.2 Å². The number of hydrogen-bond acceptors (Lipinski definition) is 7. The number of allylic oxidation sites excluding steroid dienone is 4. The molecule has 0 spiro atoms. The highest BCUT2D eigenvalue weighted by Gasteiger charge is 2.23. The summed E-state index contributed by atoms with van der Waals surface area (Å²) < 4.78 is 26.9. The molecule has 0 radical (unpaired) electrons. The number of amides is 1. The number of rotatable bonds is 45. The fourth-order valence-corrected chi connectivity index (χ4v) is 7.48. The van der Waals surface area contributed by atoms with Crippen LogP contribution in [0.3, 0.4) is 0 Å². The summed E-state index contributed by atoms with van der Waals surface area (Å²) in [6.07, 6.45) is 48.2. The van der Waals surface area contributed by atoms with Crippen molar-refractivity contribution in [2.24, 2.45) is 0 Å². The molecule has 0 aliphatic rings. The van der Waals surface area contributed by atoms with Crippen LogP contribution in [0.15, 0.2) is 24.3 Å². The van der Waals surface area contributed by atoms with Gasteiger partial charge in [-0.3, -0.25) is 18.6 Å². The highest BCUT2D eigenvalue weighted by atomic mass is 31.2. The molecule has 336 valence electrons. The van der Waals surface area contributed by atoms with E-state index in [2.05, 4.69) is 43.5 Å². The van der Waals surface area contributed by atoms with E-state index in [-0.39, 0.29) is 32.1 Å². The lowest BCUT2D eigenvalue weighted by Crippen LogP contribution is -2.27. The van der Waals surface area contributed by atoms with Gasteiger partial charge < -0.3 is 20.1 Å². The second-order valence-electron chi connectivity index (χ2n) is 16.1. The Morgan fingerprint density at radius 3 is 1.32 bits per heavy atom. The minimum atomic E-state index is -4.42. The second-order valence-corrected chi connectivity index (χ2v) is 17.5. The van der Waals surface area contributed by atoms with Crippen molar-refractivity contribution in [2.75, 3.05) is 26.4 Å². The fraction of sp³-hybridized carbons (Fsp3) is 0.872. The van der Waals surface area contributed by atoms with E-state index in [1.807, 2.05) is 0 Å². The van der Waals surface area contributed by atoms with Crippen LogP contribution in [0.25, 0.3) is 0 Å². The maximum atomic E-state index is 12.1. The number of ether oxygens (including phenoxy) is 1. The molecule has 1 amide bonds. The Hall–Kier alpha value is -1.51. The van der Waals surface area contributed by atoms with E-state index in [1.54, 1.807) is 0 Å². The Balaban J connectivity index is 3.57. The monoisotopic (exact) mass is 828 g/mol. The van der Waals surface area contributed by atoms with Gasteiger partial charge in [0.25, 0.3) is 0 Å². The van der Waals surface area contributed by atoms with Gasteiger partial charge in [-0.1, -0.05) is 179 Å². The number of aliphatic hydroxyl groups is 1. The van der Waals surface area contributed by atoms with Crippen molar-refractivity contribution in [3.63, 3.8) is 0 Å². The lowest BCUT2D eigenvalue weighted by Gasteiger charge is -2.15. The van der Waals surface area contributed by atoms with Crippen molar-refractivity contribution in [3.05, 3.63) is 24.3 Å². The van der Waals surface area contributed by atoms with Gasteiger partial charge >= 0.3 is 13.8 Å². The zero-order valence-electron chi connectivity index (χ0n) is 37.0. The van der Waals surface area contributed by atoms with Gasteiger partial charge in [-0.2, -0.15) is 0 Å². The largest absolute Gasteiger partial charge is 0.472 e. The van der Waals surface area contributed by atoms with Crippen molar-refractivity contribution in [1.82, 2.24) is 5.32 Å². The molecule has 0 aromatic rings. The van der Waals surface area contributed by atoms with Crippen LogP contribution in [-0.4, -0.2) is 54.3 Å². The molecule has 0 aliphatic carbocycles. The van der Waals surface area contributed by atoms with Crippen molar-refractivity contribution in [1.29, 1.82) is 0 Å². The molecule has 9 nitrogen and oxygen atoms in total. The smallest absolute Gasteiger partial charge is 0.463 e. The van der Waals surface area contributed by atoms with Crippen LogP contribution in [0.5, 0.6) is 0 Å². The number of esters is 1. The number of carbonyl (C=O) groups excluding carboxylic acids is 2. The molecular weight excluding hydrogens is 737 g/mol. The first kappa shape index (κ1) is 55.5. The van der Waals surface area contributed by atoms with Gasteiger partial charge in [0, 0.05) is 19.4 Å². The Labute approximate surface area is 350 Å². The Morgan fingerprint density at radius 2 is 0.895 bits per heavy atom. The minimum Gasteiger partial charge on any atom is -0.463 e. The van der Waals surface area contributed by atoms with E-state index in [0.717, 1.165) is 38.5 Å². The average molecular weight is 828 g/mol. The second kappa shape index (κ2) is 44.1. The summed E-state index contributed by atoms with van der Waals surface area (Å²) in [5.74, 6) is -0.516. The predicted molar refractivity (Wildman–Crippen MR) is 238 cm³/mol. The number of unbranched alkanes of at least 4 members (excludes halogenated alkanes) is 28. The predicted octanol–water partition coefficient (Wildman–Crippen LogP) is 13.6. The first-order valence-corrected chi connectivity index (χ1v) is 25.3. The normalized spacial score (nSPS) is 13.4. The Kier molecular flexibility index (Phi) is 42.9. The third kappa shape index (κ3) is 45.4. The Morgan fingerprint density at radius 1 is 0.526 bits per heavy atom. The quantitative estimate of drug-likeness (QED) is 0.0239. The highest BCUT2D eigenvalue weighted by molar-refractivity contribution is 7.47. The van der Waals surface area contributed by atoms with Gasteiger partial charge in [-0.05, 0) is 64.2 Å². The maximum Gasteiger partial charge on any atom is 0.472 e. The minimum absolute atomic E-state index is 0.0811. The van der Waals surface area contributed by atoms with Gasteiger partial charge in [0.1, 0.15) is 12.7 Å². The summed E-state index contributed by atoms with van der Waals surface area (Å²) in [6, 6.07) is 0. The van der Waals surface area contributed by atoms with Crippen molar-refractivity contribution < 1.29 is 37.9 Å². The molecule has 57 heavy (non-hydrogen) atoms. The number of phosphoric acid groups is 1. The number of hydrogen-bond donors (Lipinski definition) is 3. The number of nitrogens with one attached hydrogen (secondary N) is 1. The molecule has 0 bridgehead atoms. The van der Waals surface area contributed by atoms with E-state index >= 15 is 0 Å². The molecule has 0 aromatic carbocycles. The summed E-state index contributed by atoms with van der Waals surface area (Å²) in [7, 11) is -4.42. The fourth-order valence-electron chi connectivity index (χ4n) is 6.72. The molecule has 0 aromatic heterocycles. The van der Waals surface area contributed by atoms with Crippen LogP contribution >= 0.6 is 7.82 Å². The van der Waals surface area contributed by atoms with Crippen LogP contribution in [0.2, 0.25) is 0 Å². The third-order valence-electron chi connectivity index (χ3n) is 10.4. The molecule has 0 saturated heterocycles. The van der Waals surface area contributed by atoms with Crippen LogP contribution in [0.1, 0.15) is 232 Å². The lowest BCUT2D eigenvalue weighted by molar-refractivity contribution is -0.147. The van der Waals surface area contributed by atoms with Gasteiger partial charge in [0.05, 0.1) is 13.2 Å². The van der Waals surface area contributed by atoms with E-state index in [1.165, 1.54) is 167 Å². The maximum absolute atomic E-state index is 12.1. The first-order valence-electron chi connectivity index (χ1n) is 23.8. The van der Waals surface area contributed by atoms with E-state index in [4.69, 9.17) is 13.8 Å². The summed E-state index contributed by atoms with van der Waals surface area (Å²) >= 11 is 0. The molecule has 2 unspecified atom stereocenters. The molecule has 3 N–H and O–H groups in total. The summed E-state index contributed by atoms with van der Waals surface area (Å²) in [6.45, 7) is 3.57. The molecule has 10 heteroatoms. The van der Waals surface area contributed by atoms with Crippen LogP contribution < -0.4 is 5.32 Å². The summed E-state index contributed by atoms with van der Waals surface area (Å²) in [4.78, 5) is 34.0. The zero-order chi connectivity index (χ0) is 41.8. The topological polar surface area (TPSA) is 131 Å². The van der Waals surface area contributed by atoms with Crippen LogP contribution in [0, 0.1) is 0 Å². The standard InChI is InChI=1S/C47H90NO8P/c1-3-5-7-9-11-13-15-17-19-21-22-24-26-28-30-32-34-36-38-40-47(51)54-43-45(49)44-56-57(52,53)55-42-41-48-46(50)39-37-35-33-31-29-27-25-23-20-18-16-14-12-10-8-6-4-2/h17-20,45,49H,3-16,21-44H2,1-2H3,(H,48,50)(H,52,53)/b19-17+,20-18-. The summed E-state index contributed by atoms with van der Waals surface area (Å²) in [5, 5.41) is 12.7. The van der Waals surface area contributed by atoms with Gasteiger partial charge in [0.15, 0.2) is 0 Å². The van der Waals surface area contributed by atoms with E-state index < -0.39 is 26.5 Å². The van der Waals surface area contributed by atoms with Gasteiger partial charge in [-0.15, -0.1) is 0 Å². The van der Waals surface area contributed by atoms with Crippen LogP contribution in [0.4, 0.5) is 0 Å². The van der Waals surface area contributed by atoms with Gasteiger partial charge in [-0.25, -0.2) is 4.57 Å². The molecular formula is C47H90NO8P. The molecule has 0 saturated carbocycles. The number of phosphoric ester groups is 1. The van der Waals surface area contributed by atoms with Gasteiger partial charge in [0.2, 0.25) is 5.91 Å². The molecule has 0 aliphatic heterocycles. The van der Waals surface area contributed by atoms with Crippen molar-refractivity contribution >= 4 is 19.7 Å². The zero-order valence-corrected chi connectivity index (χ0v) is 37.9. The molecule has 0 fully saturated rings. The van der Waals surface area contributed by atoms with E-state index in [0.29, 0.717) is 6.42 Å². The highest BCUT2D eigenvalue weighted by Crippen LogP contribution is 2.42. The number of aliphatic hydroxyl groups excluding tert-OH is 1. The number of carbonyl (C=O) groups is 2. The molecule has 0 heterocycles. The molecule has 2 atom stereocenters. The lowest BCUT2D eigenvalue weighted by atomic mass is 10.1. The Bertz CT molecular complexity index is 990. The molecule has 0 rings (SSSR count). The first-order chi connectivity index (χ1) is 27.8. The SMILES string of the molecule is CCCCCCCC/C=C\CCCCCCCCCC(=O)NCCOP(=O)(O)OCC(O)COC(=O)CCCCCCCCCCC/C=C/CCCCCCCC. The van der Waals surface area contributed by atoms with Crippen molar-refractivity contribution in [2.45, 2.75) is 238 Å². The van der Waals surface area contributed by atoms with Crippen molar-refractivity contribution in [3.8, 4) is 0 Å². The van der Waals surface area contributed by atoms with Crippen LogP contribution in [-0.2, 0) is 27.9 Å². The third-order valence-corrected chi connectivity index (χ3v) is 11.3.